The normalized spacial score (nSPS) is 24.9. The quantitative estimate of drug-likeness (QED) is 0.853. The van der Waals surface area contributed by atoms with Crippen LogP contribution in [0.4, 0.5) is 0 Å². The van der Waals surface area contributed by atoms with Crippen LogP contribution in [0.3, 0.4) is 0 Å². The molecule has 0 radical (unpaired) electrons. The summed E-state index contributed by atoms with van der Waals surface area (Å²) in [6, 6.07) is 2.06. The van der Waals surface area contributed by atoms with Gasteiger partial charge in [0.15, 0.2) is 0 Å². The highest BCUT2D eigenvalue weighted by atomic mass is 16.3. The van der Waals surface area contributed by atoms with Crippen LogP contribution in [0.1, 0.15) is 43.5 Å². The minimum atomic E-state index is -0.713. The van der Waals surface area contributed by atoms with Gasteiger partial charge in [-0.15, -0.1) is 0 Å². The van der Waals surface area contributed by atoms with Gasteiger partial charge in [-0.25, -0.2) is 0 Å². The highest BCUT2D eigenvalue weighted by molar-refractivity contribution is 5.76. The van der Waals surface area contributed by atoms with Gasteiger partial charge in [0, 0.05) is 31.7 Å². The van der Waals surface area contributed by atoms with Crippen LogP contribution in [0.25, 0.3) is 0 Å². The minimum Gasteiger partial charge on any atom is -0.387 e. The first-order valence-electron chi connectivity index (χ1n) is 9.19. The zero-order chi connectivity index (χ0) is 17.2. The Morgan fingerprint density at radius 1 is 1.29 bits per heavy atom. The number of rotatable bonds is 6. The fraction of sp³-hybridized carbons (Fsp3) is 0.778. The van der Waals surface area contributed by atoms with Crippen LogP contribution in [0.5, 0.6) is 0 Å². The third kappa shape index (κ3) is 4.16. The van der Waals surface area contributed by atoms with Crippen molar-refractivity contribution in [2.75, 3.05) is 32.7 Å². The fourth-order valence-corrected chi connectivity index (χ4v) is 3.99. The third-order valence-electron chi connectivity index (χ3n) is 5.27. The van der Waals surface area contributed by atoms with Crippen LogP contribution in [-0.2, 0) is 11.3 Å². The molecule has 1 aromatic rings. The van der Waals surface area contributed by atoms with Gasteiger partial charge in [-0.1, -0.05) is 0 Å². The molecular weight excluding hydrogens is 304 g/mol. The van der Waals surface area contributed by atoms with Crippen molar-refractivity contribution in [3.63, 3.8) is 0 Å². The molecule has 0 aliphatic carbocycles. The molecule has 24 heavy (non-hydrogen) atoms. The molecule has 0 bridgehead atoms. The van der Waals surface area contributed by atoms with Gasteiger partial charge < -0.3 is 14.9 Å². The number of carbonyl (C=O) groups excluding carboxylic acids is 1. The van der Waals surface area contributed by atoms with Gasteiger partial charge in [-0.2, -0.15) is 5.10 Å². The summed E-state index contributed by atoms with van der Waals surface area (Å²) in [6.07, 6.45) is 4.47. The van der Waals surface area contributed by atoms with E-state index in [4.69, 9.17) is 0 Å². The summed E-state index contributed by atoms with van der Waals surface area (Å²) < 4.78 is 1.97. The van der Waals surface area contributed by atoms with Gasteiger partial charge in [0.25, 0.3) is 0 Å². The topological polar surface area (TPSA) is 61.6 Å². The number of aromatic nitrogens is 2. The van der Waals surface area contributed by atoms with Crippen LogP contribution in [-0.4, -0.2) is 68.9 Å². The molecule has 2 fully saturated rings. The summed E-state index contributed by atoms with van der Waals surface area (Å²) >= 11 is 0. The van der Waals surface area contributed by atoms with E-state index in [1.165, 1.54) is 12.8 Å². The Kier molecular flexibility index (Phi) is 5.25. The average Bonchev–Trinajstić information content (AvgIpc) is 3.22. The number of aryl methyl sites for hydroxylation is 3. The molecule has 6 nitrogen and oxygen atoms in total. The van der Waals surface area contributed by atoms with E-state index in [1.807, 2.05) is 23.4 Å². The first kappa shape index (κ1) is 17.4. The molecule has 2 saturated heterocycles. The third-order valence-corrected chi connectivity index (χ3v) is 5.27. The zero-order valence-electron chi connectivity index (χ0n) is 15.0. The molecule has 1 aromatic heterocycles. The number of aliphatic hydroxyl groups is 1. The van der Waals surface area contributed by atoms with Crippen molar-refractivity contribution in [1.82, 2.24) is 19.6 Å². The number of amides is 1. The molecule has 0 unspecified atom stereocenters. The summed E-state index contributed by atoms with van der Waals surface area (Å²) in [6.45, 7) is 8.85. The molecule has 0 spiro atoms. The Labute approximate surface area is 144 Å². The monoisotopic (exact) mass is 334 g/mol. The van der Waals surface area contributed by atoms with Gasteiger partial charge in [0.1, 0.15) is 0 Å². The molecule has 0 aromatic carbocycles. The number of hydrogen-bond acceptors (Lipinski definition) is 4. The summed E-state index contributed by atoms with van der Waals surface area (Å²) in [7, 11) is 0. The SMILES string of the molecule is Cc1cc(C)n(CCCC(=O)N2CC[C@@](O)(CN3CCCC3)C2)n1. The van der Waals surface area contributed by atoms with E-state index in [-0.39, 0.29) is 5.91 Å². The predicted molar refractivity (Wildman–Crippen MR) is 92.8 cm³/mol. The van der Waals surface area contributed by atoms with E-state index in [0.717, 1.165) is 37.4 Å². The number of likely N-dealkylation sites (tertiary alicyclic amines) is 2. The van der Waals surface area contributed by atoms with Gasteiger partial charge in [-0.05, 0) is 58.7 Å². The standard InChI is InChI=1S/C18H30N4O2/c1-15-12-16(2)22(19-15)10-5-6-17(23)21-11-7-18(24,14-21)13-20-8-3-4-9-20/h12,24H,3-11,13-14H2,1-2H3/t18-/m1/s1. The first-order chi connectivity index (χ1) is 11.5. The van der Waals surface area contributed by atoms with Gasteiger partial charge >= 0.3 is 0 Å². The van der Waals surface area contributed by atoms with E-state index in [9.17, 15) is 9.90 Å². The molecule has 0 saturated carbocycles. The highest BCUT2D eigenvalue weighted by Gasteiger charge is 2.39. The molecular formula is C18H30N4O2. The smallest absolute Gasteiger partial charge is 0.222 e. The van der Waals surface area contributed by atoms with E-state index >= 15 is 0 Å². The molecule has 3 rings (SSSR count). The molecule has 1 amide bonds. The molecule has 134 valence electrons. The molecule has 2 aliphatic heterocycles. The second kappa shape index (κ2) is 7.23. The Morgan fingerprint density at radius 2 is 2.04 bits per heavy atom. The number of carbonyl (C=O) groups is 1. The summed E-state index contributed by atoms with van der Waals surface area (Å²) in [5, 5.41) is 15.2. The minimum absolute atomic E-state index is 0.161. The maximum Gasteiger partial charge on any atom is 0.222 e. The van der Waals surface area contributed by atoms with Crippen LogP contribution in [0.2, 0.25) is 0 Å². The van der Waals surface area contributed by atoms with Crippen molar-refractivity contribution < 1.29 is 9.90 Å². The zero-order valence-corrected chi connectivity index (χ0v) is 15.0. The largest absolute Gasteiger partial charge is 0.387 e. The molecule has 1 atom stereocenters. The van der Waals surface area contributed by atoms with E-state index in [1.54, 1.807) is 0 Å². The average molecular weight is 334 g/mol. The molecule has 1 N–H and O–H groups in total. The summed E-state index contributed by atoms with van der Waals surface area (Å²) in [5.74, 6) is 0.161. The molecule has 2 aliphatic rings. The van der Waals surface area contributed by atoms with Crippen LogP contribution in [0, 0.1) is 13.8 Å². The van der Waals surface area contributed by atoms with Crippen molar-refractivity contribution in [2.24, 2.45) is 0 Å². The Bertz CT molecular complexity index is 580. The van der Waals surface area contributed by atoms with Crippen molar-refractivity contribution in [3.8, 4) is 0 Å². The van der Waals surface area contributed by atoms with Gasteiger partial charge in [0.05, 0.1) is 17.8 Å². The number of β-amino-alcohol motifs (C(OH)–C–C–N with tert-alkyl or cyclic N) is 1. The number of hydrogen-bond donors (Lipinski definition) is 1. The lowest BCUT2D eigenvalue weighted by molar-refractivity contribution is -0.131. The highest BCUT2D eigenvalue weighted by Crippen LogP contribution is 2.25. The van der Waals surface area contributed by atoms with Crippen molar-refractivity contribution in [3.05, 3.63) is 17.5 Å². The maximum absolute atomic E-state index is 12.4. The Balaban J connectivity index is 1.43. The van der Waals surface area contributed by atoms with Crippen LogP contribution < -0.4 is 0 Å². The van der Waals surface area contributed by atoms with E-state index < -0.39 is 5.60 Å². The Hall–Kier alpha value is -1.40. The lowest BCUT2D eigenvalue weighted by atomic mass is 10.0. The molecule has 6 heteroatoms. The fourth-order valence-electron chi connectivity index (χ4n) is 3.99. The molecule has 3 heterocycles. The summed E-state index contributed by atoms with van der Waals surface area (Å²) in [5.41, 5.74) is 1.45. The summed E-state index contributed by atoms with van der Waals surface area (Å²) in [4.78, 5) is 16.6. The van der Waals surface area contributed by atoms with Gasteiger partial charge in [-0.3, -0.25) is 9.48 Å². The maximum atomic E-state index is 12.4. The van der Waals surface area contributed by atoms with Crippen LogP contribution >= 0.6 is 0 Å². The lowest BCUT2D eigenvalue weighted by Gasteiger charge is -2.28. The first-order valence-corrected chi connectivity index (χ1v) is 9.19. The van der Waals surface area contributed by atoms with Crippen molar-refractivity contribution >= 4 is 5.91 Å². The van der Waals surface area contributed by atoms with Crippen molar-refractivity contribution in [2.45, 2.75) is 58.1 Å². The predicted octanol–water partition coefficient (Wildman–Crippen LogP) is 1.34. The van der Waals surface area contributed by atoms with E-state index in [0.29, 0.717) is 32.5 Å². The second-order valence-electron chi connectivity index (χ2n) is 7.53. The Morgan fingerprint density at radius 3 is 2.71 bits per heavy atom. The van der Waals surface area contributed by atoms with Crippen LogP contribution in [0.15, 0.2) is 6.07 Å². The van der Waals surface area contributed by atoms with Gasteiger partial charge in [0.2, 0.25) is 5.91 Å². The lowest BCUT2D eigenvalue weighted by Crippen LogP contribution is -2.45. The van der Waals surface area contributed by atoms with E-state index in [2.05, 4.69) is 16.1 Å². The number of nitrogens with zero attached hydrogens (tertiary/aromatic N) is 4. The second-order valence-corrected chi connectivity index (χ2v) is 7.53. The van der Waals surface area contributed by atoms with Crippen molar-refractivity contribution in [1.29, 1.82) is 0 Å².